The number of halogens is 1. The lowest BCUT2D eigenvalue weighted by Gasteiger charge is -2.34. The number of primary amides is 1. The van der Waals surface area contributed by atoms with Gasteiger partial charge >= 0.3 is 0 Å². The Morgan fingerprint density at radius 1 is 1.48 bits per heavy atom. The van der Waals surface area contributed by atoms with Crippen LogP contribution in [0.4, 0.5) is 10.1 Å². The van der Waals surface area contributed by atoms with E-state index < -0.39 is 0 Å². The van der Waals surface area contributed by atoms with Gasteiger partial charge in [0.15, 0.2) is 0 Å². The van der Waals surface area contributed by atoms with Crippen LogP contribution in [0.1, 0.15) is 38.3 Å². The Kier molecular flexibility index (Phi) is 5.17. The molecule has 116 valence electrons. The molecule has 1 aromatic carbocycles. The first kappa shape index (κ1) is 15.8. The van der Waals surface area contributed by atoms with Gasteiger partial charge in [-0.15, -0.1) is 0 Å². The van der Waals surface area contributed by atoms with Gasteiger partial charge in [0.25, 0.3) is 0 Å². The Hall–Kier alpha value is -1.62. The number of anilines is 1. The van der Waals surface area contributed by atoms with Crippen molar-refractivity contribution in [2.75, 3.05) is 24.5 Å². The molecule has 1 aliphatic rings. The second-order valence-electron chi connectivity index (χ2n) is 5.62. The summed E-state index contributed by atoms with van der Waals surface area (Å²) in [6.07, 6.45) is 1.47. The quantitative estimate of drug-likeness (QED) is 0.875. The molecular formula is C16H24FN3O. The first-order valence-corrected chi connectivity index (χ1v) is 7.60. The van der Waals surface area contributed by atoms with E-state index in [-0.39, 0.29) is 23.7 Å². The largest absolute Gasteiger partial charge is 0.371 e. The molecule has 0 saturated carbocycles. The van der Waals surface area contributed by atoms with Gasteiger partial charge in [-0.1, -0.05) is 13.0 Å². The van der Waals surface area contributed by atoms with E-state index in [4.69, 9.17) is 5.73 Å². The molecule has 1 heterocycles. The Balaban J connectivity index is 2.20. The summed E-state index contributed by atoms with van der Waals surface area (Å²) in [6, 6.07) is 5.16. The fourth-order valence-corrected chi connectivity index (χ4v) is 3.04. The highest BCUT2D eigenvalue weighted by Crippen LogP contribution is 2.31. The molecule has 0 aromatic heterocycles. The molecule has 1 unspecified atom stereocenters. The zero-order chi connectivity index (χ0) is 15.4. The summed E-state index contributed by atoms with van der Waals surface area (Å²) in [5.74, 6) is -0.461. The van der Waals surface area contributed by atoms with Gasteiger partial charge in [-0.25, -0.2) is 4.39 Å². The third-order valence-electron chi connectivity index (χ3n) is 4.21. The lowest BCUT2D eigenvalue weighted by Crippen LogP contribution is -2.39. The molecule has 0 spiro atoms. The minimum Gasteiger partial charge on any atom is -0.371 e. The Morgan fingerprint density at radius 2 is 2.14 bits per heavy atom. The normalized spacial score (nSPS) is 17.8. The van der Waals surface area contributed by atoms with Gasteiger partial charge < -0.3 is 16.0 Å². The van der Waals surface area contributed by atoms with E-state index in [2.05, 4.69) is 10.2 Å². The van der Waals surface area contributed by atoms with Crippen molar-refractivity contribution in [2.45, 2.75) is 32.7 Å². The maximum Gasteiger partial charge on any atom is 0.220 e. The van der Waals surface area contributed by atoms with Crippen molar-refractivity contribution in [3.63, 3.8) is 0 Å². The lowest BCUT2D eigenvalue weighted by molar-refractivity contribution is -0.122. The Bertz CT molecular complexity index is 498. The highest BCUT2D eigenvalue weighted by atomic mass is 19.1. The molecule has 1 fully saturated rings. The molecule has 21 heavy (non-hydrogen) atoms. The van der Waals surface area contributed by atoms with Crippen LogP contribution in [0, 0.1) is 11.7 Å². The Labute approximate surface area is 125 Å². The number of piperidine rings is 1. The van der Waals surface area contributed by atoms with Crippen LogP contribution in [0.2, 0.25) is 0 Å². The smallest absolute Gasteiger partial charge is 0.220 e. The maximum absolute atomic E-state index is 14.2. The zero-order valence-corrected chi connectivity index (χ0v) is 12.7. The number of nitrogens with two attached hydrogens (primary N) is 1. The average Bonchev–Trinajstić information content (AvgIpc) is 2.47. The molecule has 1 atom stereocenters. The van der Waals surface area contributed by atoms with Crippen LogP contribution in [0.3, 0.4) is 0 Å². The predicted octanol–water partition coefficient (Wildman–Crippen LogP) is 2.20. The summed E-state index contributed by atoms with van der Waals surface area (Å²) < 4.78 is 14.2. The van der Waals surface area contributed by atoms with Crippen LogP contribution in [-0.4, -0.2) is 25.5 Å². The topological polar surface area (TPSA) is 58.4 Å². The minimum atomic E-state index is -0.227. The van der Waals surface area contributed by atoms with Crippen molar-refractivity contribution in [3.05, 3.63) is 29.6 Å². The molecule has 3 N–H and O–H groups in total. The summed E-state index contributed by atoms with van der Waals surface area (Å²) in [5.41, 5.74) is 6.99. The highest BCUT2D eigenvalue weighted by molar-refractivity contribution is 5.77. The summed E-state index contributed by atoms with van der Waals surface area (Å²) in [4.78, 5) is 13.4. The number of amides is 1. The van der Waals surface area contributed by atoms with E-state index in [0.29, 0.717) is 5.56 Å². The van der Waals surface area contributed by atoms with E-state index in [1.165, 1.54) is 6.07 Å². The Morgan fingerprint density at radius 3 is 2.71 bits per heavy atom. The van der Waals surface area contributed by atoms with Crippen molar-refractivity contribution < 1.29 is 9.18 Å². The molecule has 1 amide bonds. The first-order valence-electron chi connectivity index (χ1n) is 7.60. The van der Waals surface area contributed by atoms with Crippen LogP contribution < -0.4 is 16.0 Å². The highest BCUT2D eigenvalue weighted by Gasteiger charge is 2.26. The monoisotopic (exact) mass is 293 g/mol. The van der Waals surface area contributed by atoms with Gasteiger partial charge in [0, 0.05) is 36.3 Å². The van der Waals surface area contributed by atoms with E-state index in [9.17, 15) is 9.18 Å². The SMILES string of the molecule is CCNC(C)c1c(F)cccc1N1CCC(C(N)=O)CC1. The summed E-state index contributed by atoms with van der Waals surface area (Å²) >= 11 is 0. The third-order valence-corrected chi connectivity index (χ3v) is 4.21. The molecule has 0 radical (unpaired) electrons. The van der Waals surface area contributed by atoms with Gasteiger partial charge in [-0.05, 0) is 38.4 Å². The minimum absolute atomic E-state index is 0.0416. The number of rotatable bonds is 5. The molecule has 1 saturated heterocycles. The number of benzene rings is 1. The summed E-state index contributed by atoms with van der Waals surface area (Å²) in [6.45, 7) is 6.25. The molecule has 0 bridgehead atoms. The number of nitrogens with one attached hydrogen (secondary N) is 1. The second-order valence-corrected chi connectivity index (χ2v) is 5.62. The predicted molar refractivity (Wildman–Crippen MR) is 82.6 cm³/mol. The van der Waals surface area contributed by atoms with Crippen LogP contribution in [-0.2, 0) is 4.79 Å². The zero-order valence-electron chi connectivity index (χ0n) is 12.7. The number of hydrogen-bond donors (Lipinski definition) is 2. The lowest BCUT2D eigenvalue weighted by atomic mass is 9.94. The van der Waals surface area contributed by atoms with Crippen molar-refractivity contribution in [3.8, 4) is 0 Å². The van der Waals surface area contributed by atoms with Crippen LogP contribution in [0.5, 0.6) is 0 Å². The molecule has 5 heteroatoms. The van der Waals surface area contributed by atoms with Gasteiger partial charge in [-0.2, -0.15) is 0 Å². The van der Waals surface area contributed by atoms with E-state index >= 15 is 0 Å². The number of hydrogen-bond acceptors (Lipinski definition) is 3. The van der Waals surface area contributed by atoms with Crippen LogP contribution >= 0.6 is 0 Å². The first-order chi connectivity index (χ1) is 10.0. The fraction of sp³-hybridized carbons (Fsp3) is 0.562. The standard InChI is InChI=1S/C16H24FN3O/c1-3-19-11(2)15-13(17)5-4-6-14(15)20-9-7-12(8-10-20)16(18)21/h4-6,11-12,19H,3,7-10H2,1-2H3,(H2,18,21). The van der Waals surface area contributed by atoms with Gasteiger partial charge in [0.2, 0.25) is 5.91 Å². The number of carbonyl (C=O) groups is 1. The summed E-state index contributed by atoms with van der Waals surface area (Å²) in [5, 5.41) is 3.27. The molecule has 1 aliphatic heterocycles. The molecule has 1 aromatic rings. The molecule has 4 nitrogen and oxygen atoms in total. The molecule has 2 rings (SSSR count). The average molecular weight is 293 g/mol. The van der Waals surface area contributed by atoms with E-state index in [1.54, 1.807) is 6.07 Å². The van der Waals surface area contributed by atoms with E-state index in [0.717, 1.165) is 38.2 Å². The van der Waals surface area contributed by atoms with Gasteiger partial charge in [0.05, 0.1) is 0 Å². The van der Waals surface area contributed by atoms with Crippen molar-refractivity contribution in [1.82, 2.24) is 5.32 Å². The van der Waals surface area contributed by atoms with E-state index in [1.807, 2.05) is 19.9 Å². The fourth-order valence-electron chi connectivity index (χ4n) is 3.04. The van der Waals surface area contributed by atoms with Crippen LogP contribution in [0.15, 0.2) is 18.2 Å². The second kappa shape index (κ2) is 6.89. The van der Waals surface area contributed by atoms with Crippen molar-refractivity contribution in [1.29, 1.82) is 0 Å². The maximum atomic E-state index is 14.2. The third kappa shape index (κ3) is 3.53. The molecular weight excluding hydrogens is 269 g/mol. The number of nitrogens with zero attached hydrogens (tertiary/aromatic N) is 1. The number of carbonyl (C=O) groups excluding carboxylic acids is 1. The van der Waals surface area contributed by atoms with Crippen LogP contribution in [0.25, 0.3) is 0 Å². The molecule has 0 aliphatic carbocycles. The van der Waals surface area contributed by atoms with Crippen molar-refractivity contribution >= 4 is 11.6 Å². The van der Waals surface area contributed by atoms with Crippen molar-refractivity contribution in [2.24, 2.45) is 11.7 Å². The summed E-state index contributed by atoms with van der Waals surface area (Å²) in [7, 11) is 0. The van der Waals surface area contributed by atoms with Gasteiger partial charge in [-0.3, -0.25) is 4.79 Å². The van der Waals surface area contributed by atoms with Gasteiger partial charge in [0.1, 0.15) is 5.82 Å².